The van der Waals surface area contributed by atoms with Gasteiger partial charge in [-0.1, -0.05) is 120 Å². The molecule has 0 aliphatic carbocycles. The third-order valence-corrected chi connectivity index (χ3v) is 6.29. The van der Waals surface area contributed by atoms with Crippen LogP contribution in [0, 0.1) is 6.92 Å². The van der Waals surface area contributed by atoms with Crippen molar-refractivity contribution in [2.75, 3.05) is 22.9 Å². The molecular formula is C28H47N5. The van der Waals surface area contributed by atoms with Crippen molar-refractivity contribution < 1.29 is 0 Å². The lowest BCUT2D eigenvalue weighted by atomic mass is 10.0. The van der Waals surface area contributed by atoms with Gasteiger partial charge in [0.15, 0.2) is 11.6 Å². The maximum Gasteiger partial charge on any atom is 0.155 e. The van der Waals surface area contributed by atoms with Gasteiger partial charge in [-0.15, -0.1) is 0 Å². The Balaban J connectivity index is 1.49. The number of hydrogen-bond acceptors (Lipinski definition) is 5. The Morgan fingerprint density at radius 3 is 1.70 bits per heavy atom. The van der Waals surface area contributed by atoms with Crippen molar-refractivity contribution in [3.8, 4) is 0 Å². The second-order valence-corrected chi connectivity index (χ2v) is 9.35. The molecule has 1 aromatic carbocycles. The minimum atomic E-state index is 0.593. The number of nitrogens with zero attached hydrogens (tertiary/aromatic N) is 2. The number of aromatic nitrogens is 2. The summed E-state index contributed by atoms with van der Waals surface area (Å²) in [4.78, 5) is 8.63. The van der Waals surface area contributed by atoms with Crippen molar-refractivity contribution in [1.82, 2.24) is 9.97 Å². The Labute approximate surface area is 202 Å². The van der Waals surface area contributed by atoms with Crippen LogP contribution in [-0.4, -0.2) is 16.5 Å². The van der Waals surface area contributed by atoms with Gasteiger partial charge in [-0.3, -0.25) is 0 Å². The van der Waals surface area contributed by atoms with Crippen LogP contribution in [0.25, 0.3) is 0 Å². The maximum absolute atomic E-state index is 6.28. The van der Waals surface area contributed by atoms with Crippen molar-refractivity contribution in [2.45, 2.75) is 110 Å². The van der Waals surface area contributed by atoms with E-state index in [1.54, 1.807) is 6.33 Å². The van der Waals surface area contributed by atoms with E-state index in [1.807, 2.05) is 0 Å². The molecule has 0 saturated heterocycles. The molecule has 0 amide bonds. The molecule has 0 aliphatic heterocycles. The highest BCUT2D eigenvalue weighted by atomic mass is 15.1. The molecule has 0 radical (unpaired) electrons. The average molecular weight is 454 g/mol. The molecule has 5 nitrogen and oxygen atoms in total. The van der Waals surface area contributed by atoms with Crippen molar-refractivity contribution in [3.05, 3.63) is 41.7 Å². The van der Waals surface area contributed by atoms with Gasteiger partial charge in [-0.05, 0) is 18.9 Å². The predicted molar refractivity (Wildman–Crippen MR) is 144 cm³/mol. The molecule has 0 bridgehead atoms. The zero-order valence-electron chi connectivity index (χ0n) is 21.2. The van der Waals surface area contributed by atoms with E-state index in [2.05, 4.69) is 58.7 Å². The van der Waals surface area contributed by atoms with Crippen molar-refractivity contribution >= 4 is 17.3 Å². The molecule has 33 heavy (non-hydrogen) atoms. The Morgan fingerprint density at radius 1 is 0.667 bits per heavy atom. The van der Waals surface area contributed by atoms with E-state index >= 15 is 0 Å². The third-order valence-electron chi connectivity index (χ3n) is 6.29. The molecule has 0 unspecified atom stereocenters. The number of anilines is 3. The molecular weight excluding hydrogens is 406 g/mol. The van der Waals surface area contributed by atoms with E-state index in [4.69, 9.17) is 5.73 Å². The van der Waals surface area contributed by atoms with Gasteiger partial charge in [0.25, 0.3) is 0 Å². The van der Waals surface area contributed by atoms with Crippen molar-refractivity contribution in [1.29, 1.82) is 0 Å². The van der Waals surface area contributed by atoms with Gasteiger partial charge in [0, 0.05) is 13.1 Å². The molecule has 0 aliphatic rings. The number of unbranched alkanes of at least 4 members (excludes halogenated alkanes) is 13. The number of rotatable bonds is 19. The molecule has 4 N–H and O–H groups in total. The van der Waals surface area contributed by atoms with E-state index < -0.39 is 0 Å². The van der Waals surface area contributed by atoms with Gasteiger partial charge >= 0.3 is 0 Å². The first-order valence-electron chi connectivity index (χ1n) is 13.3. The second-order valence-electron chi connectivity index (χ2n) is 9.35. The quantitative estimate of drug-likeness (QED) is 0.189. The molecule has 2 rings (SSSR count). The number of nitrogens with two attached hydrogens (primary N) is 1. The fourth-order valence-corrected chi connectivity index (χ4v) is 4.10. The second kappa shape index (κ2) is 17.2. The summed E-state index contributed by atoms with van der Waals surface area (Å²) in [5.41, 5.74) is 9.34. The van der Waals surface area contributed by atoms with Crippen LogP contribution >= 0.6 is 0 Å². The number of aryl methyl sites for hydroxylation is 1. The van der Waals surface area contributed by atoms with Crippen LogP contribution in [0.3, 0.4) is 0 Å². The molecule has 5 heteroatoms. The van der Waals surface area contributed by atoms with Crippen LogP contribution in [-0.2, 0) is 6.54 Å². The Hall–Kier alpha value is -2.30. The normalized spacial score (nSPS) is 11.0. The highest BCUT2D eigenvalue weighted by Gasteiger charge is 2.07. The third kappa shape index (κ3) is 11.9. The SMILES string of the molecule is CCCCCCCCCCCCCCCCNc1ncnc(NCc2ccc(C)cc2)c1N. The molecule has 0 fully saturated rings. The first-order valence-corrected chi connectivity index (χ1v) is 13.3. The summed E-state index contributed by atoms with van der Waals surface area (Å²) in [5, 5.41) is 6.71. The molecule has 184 valence electrons. The Bertz CT molecular complexity index is 744. The van der Waals surface area contributed by atoms with E-state index in [0.29, 0.717) is 18.1 Å². The van der Waals surface area contributed by atoms with Gasteiger partial charge in [0.1, 0.15) is 12.0 Å². The van der Waals surface area contributed by atoms with Gasteiger partial charge in [0.05, 0.1) is 0 Å². The van der Waals surface area contributed by atoms with E-state index in [0.717, 1.165) is 18.8 Å². The number of nitrogen functional groups attached to an aromatic ring is 1. The van der Waals surface area contributed by atoms with Crippen LogP contribution in [0.15, 0.2) is 30.6 Å². The highest BCUT2D eigenvalue weighted by molar-refractivity contribution is 5.73. The van der Waals surface area contributed by atoms with Gasteiger partial charge in [0.2, 0.25) is 0 Å². The zero-order valence-corrected chi connectivity index (χ0v) is 21.2. The van der Waals surface area contributed by atoms with Gasteiger partial charge < -0.3 is 16.4 Å². The van der Waals surface area contributed by atoms with Crippen molar-refractivity contribution in [3.63, 3.8) is 0 Å². The predicted octanol–water partition coefficient (Wildman–Crippen LogP) is 7.87. The zero-order chi connectivity index (χ0) is 23.6. The van der Waals surface area contributed by atoms with Gasteiger partial charge in [-0.2, -0.15) is 0 Å². The van der Waals surface area contributed by atoms with Gasteiger partial charge in [-0.25, -0.2) is 9.97 Å². The number of hydrogen-bond donors (Lipinski definition) is 3. The van der Waals surface area contributed by atoms with E-state index in [-0.39, 0.29) is 0 Å². The summed E-state index contributed by atoms with van der Waals surface area (Å²) in [5.74, 6) is 1.42. The summed E-state index contributed by atoms with van der Waals surface area (Å²) in [6, 6.07) is 8.47. The Kier molecular flexibility index (Phi) is 14.1. The van der Waals surface area contributed by atoms with Crippen molar-refractivity contribution in [2.24, 2.45) is 0 Å². The average Bonchev–Trinajstić information content (AvgIpc) is 2.83. The van der Waals surface area contributed by atoms with Crippen LogP contribution in [0.5, 0.6) is 0 Å². The maximum atomic E-state index is 6.28. The molecule has 0 atom stereocenters. The van der Waals surface area contributed by atoms with E-state index in [1.165, 1.54) is 94.6 Å². The van der Waals surface area contributed by atoms with Crippen LogP contribution in [0.2, 0.25) is 0 Å². The fraction of sp³-hybridized carbons (Fsp3) is 0.643. The minimum absolute atomic E-state index is 0.593. The monoisotopic (exact) mass is 453 g/mol. The Morgan fingerprint density at radius 2 is 1.15 bits per heavy atom. The number of nitrogens with one attached hydrogen (secondary N) is 2. The molecule has 0 saturated carbocycles. The number of benzene rings is 1. The van der Waals surface area contributed by atoms with Crippen LogP contribution in [0.1, 0.15) is 108 Å². The smallest absolute Gasteiger partial charge is 0.155 e. The summed E-state index contributed by atoms with van der Waals surface area (Å²) in [6.45, 7) is 5.97. The molecule has 1 heterocycles. The lowest BCUT2D eigenvalue weighted by molar-refractivity contribution is 0.537. The molecule has 1 aromatic heterocycles. The summed E-state index contributed by atoms with van der Waals surface area (Å²) >= 11 is 0. The lowest BCUT2D eigenvalue weighted by Crippen LogP contribution is -2.10. The molecule has 2 aromatic rings. The summed E-state index contributed by atoms with van der Waals surface area (Å²) in [6.07, 6.45) is 20.8. The van der Waals surface area contributed by atoms with Crippen LogP contribution < -0.4 is 16.4 Å². The first kappa shape index (κ1) is 26.9. The molecule has 0 spiro atoms. The lowest BCUT2D eigenvalue weighted by Gasteiger charge is -2.12. The van der Waals surface area contributed by atoms with E-state index in [9.17, 15) is 0 Å². The minimum Gasteiger partial charge on any atom is -0.393 e. The largest absolute Gasteiger partial charge is 0.393 e. The first-order chi connectivity index (χ1) is 16.2. The summed E-state index contributed by atoms with van der Waals surface area (Å²) in [7, 11) is 0. The van der Waals surface area contributed by atoms with Crippen LogP contribution in [0.4, 0.5) is 17.3 Å². The standard InChI is InChI=1S/C28H47N5/c1-3-4-5-6-7-8-9-10-11-12-13-14-15-16-21-30-27-26(29)28(33-23-32-27)31-22-25-19-17-24(2)18-20-25/h17-20,23H,3-16,21-22,29H2,1-2H3,(H2,30,31,32,33). The fourth-order valence-electron chi connectivity index (χ4n) is 4.10. The summed E-state index contributed by atoms with van der Waals surface area (Å²) < 4.78 is 0. The highest BCUT2D eigenvalue weighted by Crippen LogP contribution is 2.23. The topological polar surface area (TPSA) is 75.9 Å².